The van der Waals surface area contributed by atoms with Crippen LogP contribution in [0.2, 0.25) is 0 Å². The van der Waals surface area contributed by atoms with Crippen LogP contribution in [-0.2, 0) is 0 Å². The van der Waals surface area contributed by atoms with Crippen LogP contribution in [0.5, 0.6) is 5.75 Å². The summed E-state index contributed by atoms with van der Waals surface area (Å²) in [4.78, 5) is 0. The van der Waals surface area contributed by atoms with E-state index in [9.17, 15) is 10.3 Å². The SMILES string of the molecule is Cc1ccccc1C=[N+]([O-])c1cccc(O)c1. The molecule has 0 amide bonds. The van der Waals surface area contributed by atoms with E-state index in [0.717, 1.165) is 15.9 Å². The molecule has 0 unspecified atom stereocenters. The number of hydrogen-bond donors (Lipinski definition) is 1. The normalized spacial score (nSPS) is 11.5. The van der Waals surface area contributed by atoms with E-state index in [1.165, 1.54) is 18.3 Å². The van der Waals surface area contributed by atoms with Gasteiger partial charge in [0.1, 0.15) is 5.75 Å². The highest BCUT2D eigenvalue weighted by molar-refractivity contribution is 5.78. The minimum atomic E-state index is 0.0848. The lowest BCUT2D eigenvalue weighted by Crippen LogP contribution is -2.00. The predicted molar refractivity (Wildman–Crippen MR) is 67.7 cm³/mol. The lowest BCUT2D eigenvalue weighted by atomic mass is 10.1. The fourth-order valence-corrected chi connectivity index (χ4v) is 1.56. The monoisotopic (exact) mass is 227 g/mol. The molecule has 0 aromatic heterocycles. The Morgan fingerprint density at radius 2 is 1.88 bits per heavy atom. The van der Waals surface area contributed by atoms with Crippen molar-refractivity contribution < 1.29 is 9.85 Å². The second kappa shape index (κ2) is 4.70. The van der Waals surface area contributed by atoms with Gasteiger partial charge in [-0.1, -0.05) is 24.3 Å². The predicted octanol–water partition coefficient (Wildman–Crippen LogP) is 2.96. The zero-order valence-electron chi connectivity index (χ0n) is 9.50. The molecule has 3 nitrogen and oxygen atoms in total. The molecule has 0 spiro atoms. The molecule has 86 valence electrons. The van der Waals surface area contributed by atoms with Gasteiger partial charge in [0.05, 0.1) is 6.07 Å². The third-order valence-electron chi connectivity index (χ3n) is 2.53. The first-order valence-electron chi connectivity index (χ1n) is 5.33. The van der Waals surface area contributed by atoms with E-state index < -0.39 is 0 Å². The summed E-state index contributed by atoms with van der Waals surface area (Å²) in [6.07, 6.45) is 1.50. The van der Waals surface area contributed by atoms with Crippen molar-refractivity contribution in [1.29, 1.82) is 0 Å². The topological polar surface area (TPSA) is 46.3 Å². The van der Waals surface area contributed by atoms with Crippen molar-refractivity contribution in [2.75, 3.05) is 0 Å². The summed E-state index contributed by atoms with van der Waals surface area (Å²) in [7, 11) is 0. The molecule has 0 bridgehead atoms. The third kappa shape index (κ3) is 2.64. The maximum absolute atomic E-state index is 11.9. The van der Waals surface area contributed by atoms with E-state index in [2.05, 4.69) is 0 Å². The fourth-order valence-electron chi connectivity index (χ4n) is 1.56. The van der Waals surface area contributed by atoms with Gasteiger partial charge in [0, 0.05) is 11.6 Å². The molecule has 2 rings (SSSR count). The van der Waals surface area contributed by atoms with E-state index in [-0.39, 0.29) is 5.75 Å². The molecule has 0 aliphatic heterocycles. The highest BCUT2D eigenvalue weighted by atomic mass is 16.5. The Morgan fingerprint density at radius 1 is 1.12 bits per heavy atom. The van der Waals surface area contributed by atoms with Gasteiger partial charge in [-0.2, -0.15) is 4.74 Å². The van der Waals surface area contributed by atoms with Gasteiger partial charge >= 0.3 is 0 Å². The minimum absolute atomic E-state index is 0.0848. The molecule has 17 heavy (non-hydrogen) atoms. The Balaban J connectivity index is 2.38. The van der Waals surface area contributed by atoms with Crippen LogP contribution in [0.4, 0.5) is 5.69 Å². The van der Waals surface area contributed by atoms with Crippen molar-refractivity contribution in [2.24, 2.45) is 0 Å². The van der Waals surface area contributed by atoms with Gasteiger partial charge in [-0.15, -0.1) is 0 Å². The molecule has 0 saturated heterocycles. The van der Waals surface area contributed by atoms with Crippen molar-refractivity contribution in [1.82, 2.24) is 0 Å². The molecule has 0 aliphatic carbocycles. The summed E-state index contributed by atoms with van der Waals surface area (Å²) in [5.41, 5.74) is 2.31. The summed E-state index contributed by atoms with van der Waals surface area (Å²) in [6.45, 7) is 1.95. The lowest BCUT2D eigenvalue weighted by molar-refractivity contribution is -0.354. The smallest absolute Gasteiger partial charge is 0.220 e. The Kier molecular flexibility index (Phi) is 3.10. The van der Waals surface area contributed by atoms with Crippen LogP contribution in [0.15, 0.2) is 48.5 Å². The molecule has 3 heteroatoms. The number of benzene rings is 2. The summed E-state index contributed by atoms with van der Waals surface area (Å²) in [5, 5.41) is 21.2. The first-order valence-corrected chi connectivity index (χ1v) is 5.33. The highest BCUT2D eigenvalue weighted by Gasteiger charge is 2.03. The Hall–Kier alpha value is -2.29. The van der Waals surface area contributed by atoms with Crippen molar-refractivity contribution in [3.63, 3.8) is 0 Å². The van der Waals surface area contributed by atoms with Crippen molar-refractivity contribution in [2.45, 2.75) is 6.92 Å². The van der Waals surface area contributed by atoms with Crippen molar-refractivity contribution >= 4 is 11.9 Å². The largest absolute Gasteiger partial charge is 0.618 e. The van der Waals surface area contributed by atoms with Crippen LogP contribution < -0.4 is 0 Å². The van der Waals surface area contributed by atoms with Gasteiger partial charge in [-0.3, -0.25) is 0 Å². The number of rotatable bonds is 2. The van der Waals surface area contributed by atoms with Gasteiger partial charge in [-0.25, -0.2) is 0 Å². The Bertz CT molecular complexity index is 562. The van der Waals surface area contributed by atoms with Gasteiger partial charge in [0.2, 0.25) is 5.69 Å². The molecule has 2 aromatic rings. The summed E-state index contributed by atoms with van der Waals surface area (Å²) >= 11 is 0. The van der Waals surface area contributed by atoms with Crippen LogP contribution in [0, 0.1) is 12.1 Å². The number of aryl methyl sites for hydroxylation is 1. The highest BCUT2D eigenvalue weighted by Crippen LogP contribution is 2.18. The third-order valence-corrected chi connectivity index (χ3v) is 2.53. The molecular weight excluding hydrogens is 214 g/mol. The van der Waals surface area contributed by atoms with Crippen LogP contribution in [-0.4, -0.2) is 16.1 Å². The van der Waals surface area contributed by atoms with Crippen molar-refractivity contribution in [3.8, 4) is 5.75 Å². The van der Waals surface area contributed by atoms with Crippen LogP contribution in [0.3, 0.4) is 0 Å². The maximum atomic E-state index is 11.9. The van der Waals surface area contributed by atoms with Crippen molar-refractivity contribution in [3.05, 3.63) is 64.9 Å². The standard InChI is InChI=1S/C14H13NO2/c1-11-5-2-3-6-12(11)10-15(17)13-7-4-8-14(16)9-13/h2-10,16H,1H3. The lowest BCUT2D eigenvalue weighted by Gasteiger charge is -2.04. The van der Waals surface area contributed by atoms with Gasteiger partial charge in [-0.05, 0) is 24.6 Å². The van der Waals surface area contributed by atoms with E-state index >= 15 is 0 Å². The molecule has 2 aromatic carbocycles. The summed E-state index contributed by atoms with van der Waals surface area (Å²) in [6, 6.07) is 13.9. The molecule has 0 radical (unpaired) electrons. The molecule has 0 heterocycles. The van der Waals surface area contributed by atoms with Crippen LogP contribution >= 0.6 is 0 Å². The zero-order valence-corrected chi connectivity index (χ0v) is 9.50. The second-order valence-corrected chi connectivity index (χ2v) is 3.83. The molecular formula is C14H13NO2. The second-order valence-electron chi connectivity index (χ2n) is 3.83. The van der Waals surface area contributed by atoms with Gasteiger partial charge < -0.3 is 10.3 Å². The number of phenols is 1. The first kappa shape index (κ1) is 11.2. The average molecular weight is 227 g/mol. The van der Waals surface area contributed by atoms with Gasteiger partial charge in [0.25, 0.3) is 0 Å². The molecule has 0 atom stereocenters. The van der Waals surface area contributed by atoms with Crippen LogP contribution in [0.25, 0.3) is 0 Å². The molecule has 0 fully saturated rings. The molecule has 1 N–H and O–H groups in total. The Morgan fingerprint density at radius 3 is 2.59 bits per heavy atom. The minimum Gasteiger partial charge on any atom is -0.618 e. The first-order chi connectivity index (χ1) is 8.16. The quantitative estimate of drug-likeness (QED) is 0.371. The van der Waals surface area contributed by atoms with E-state index in [1.807, 2.05) is 31.2 Å². The average Bonchev–Trinajstić information content (AvgIpc) is 2.32. The number of nitrogens with zero attached hydrogens (tertiary/aromatic N) is 1. The summed E-state index contributed by atoms with van der Waals surface area (Å²) in [5.74, 6) is 0.0848. The maximum Gasteiger partial charge on any atom is 0.220 e. The van der Waals surface area contributed by atoms with E-state index in [1.54, 1.807) is 12.1 Å². The number of hydrogen-bond acceptors (Lipinski definition) is 2. The fraction of sp³-hybridized carbons (Fsp3) is 0.0714. The molecule has 0 saturated carbocycles. The van der Waals surface area contributed by atoms with E-state index in [4.69, 9.17) is 0 Å². The Labute approximate surface area is 99.9 Å². The number of aromatic hydroxyl groups is 1. The van der Waals surface area contributed by atoms with Crippen LogP contribution in [0.1, 0.15) is 11.1 Å². The summed E-state index contributed by atoms with van der Waals surface area (Å²) < 4.78 is 0.752. The zero-order chi connectivity index (χ0) is 12.3. The molecule has 0 aliphatic rings. The van der Waals surface area contributed by atoms with E-state index in [0.29, 0.717) is 5.69 Å². The number of phenolic OH excluding ortho intramolecular Hbond substituents is 1. The van der Waals surface area contributed by atoms with Gasteiger partial charge in [0.15, 0.2) is 6.21 Å².